The smallest absolute Gasteiger partial charge is 0.328 e. The summed E-state index contributed by atoms with van der Waals surface area (Å²) in [6.45, 7) is 12.6. The summed E-state index contributed by atoms with van der Waals surface area (Å²) in [4.78, 5) is 36.1. The first-order valence-corrected chi connectivity index (χ1v) is 12.6. The summed E-state index contributed by atoms with van der Waals surface area (Å²) >= 11 is -3.01. The molecule has 1 aliphatic heterocycles. The van der Waals surface area contributed by atoms with Crippen LogP contribution in [0, 0.1) is 5.92 Å². The third kappa shape index (κ3) is 5.73. The molecule has 0 spiro atoms. The van der Waals surface area contributed by atoms with Crippen LogP contribution in [0.25, 0.3) is 6.08 Å². The molecular weight excluding hydrogens is 482 g/mol. The second-order valence-corrected chi connectivity index (χ2v) is 11.5. The van der Waals surface area contributed by atoms with Gasteiger partial charge >= 0.3 is 5.97 Å². The lowest BCUT2D eigenvalue weighted by Gasteiger charge is -2.36. The summed E-state index contributed by atoms with van der Waals surface area (Å²) in [6, 6.07) is 5.86. The molecular formula is C25H32N5O5S-. The molecule has 0 aliphatic carbocycles. The zero-order chi connectivity index (χ0) is 27.0. The number of carboxylic acid groups (broad SMARTS) is 1. The second kappa shape index (κ2) is 9.98. The summed E-state index contributed by atoms with van der Waals surface area (Å²) in [5.41, 5.74) is 5.89. The molecule has 1 fully saturated rings. The molecule has 3 rings (SSSR count). The molecule has 10 nitrogen and oxygen atoms in total. The molecule has 0 saturated carbocycles. The Hall–Kier alpha value is -3.31. The van der Waals surface area contributed by atoms with Crippen molar-refractivity contribution in [2.45, 2.75) is 58.9 Å². The molecule has 0 bridgehead atoms. The summed E-state index contributed by atoms with van der Waals surface area (Å²) in [5.74, 6) is -1.48. The number of carbonyl (C=O) groups is 2. The number of pyridine rings is 2. The van der Waals surface area contributed by atoms with Crippen molar-refractivity contribution >= 4 is 46.7 Å². The lowest BCUT2D eigenvalue weighted by atomic mass is 9.87. The van der Waals surface area contributed by atoms with E-state index < -0.39 is 28.6 Å². The number of hydrogen-bond acceptors (Lipinski definition) is 8. The quantitative estimate of drug-likeness (QED) is 0.435. The molecule has 2 aromatic rings. The van der Waals surface area contributed by atoms with Crippen molar-refractivity contribution in [2.24, 2.45) is 5.92 Å². The van der Waals surface area contributed by atoms with E-state index in [1.165, 1.54) is 30.3 Å². The van der Waals surface area contributed by atoms with Crippen LogP contribution < -0.4 is 14.9 Å². The van der Waals surface area contributed by atoms with Crippen molar-refractivity contribution in [1.82, 2.24) is 9.97 Å². The molecule has 2 atom stereocenters. The molecule has 1 aliphatic rings. The number of anilines is 3. The molecule has 0 radical (unpaired) electrons. The zero-order valence-electron chi connectivity index (χ0n) is 21.3. The molecule has 0 aromatic carbocycles. The van der Waals surface area contributed by atoms with E-state index in [1.54, 1.807) is 0 Å². The van der Waals surface area contributed by atoms with Gasteiger partial charge in [0.25, 0.3) is 5.91 Å². The second-order valence-electron chi connectivity index (χ2n) is 10.7. The maximum Gasteiger partial charge on any atom is 0.328 e. The van der Waals surface area contributed by atoms with Crippen LogP contribution in [-0.2, 0) is 21.5 Å². The first-order chi connectivity index (χ1) is 16.6. The molecule has 11 heteroatoms. The van der Waals surface area contributed by atoms with Crippen LogP contribution in [0.4, 0.5) is 17.5 Å². The molecule has 36 heavy (non-hydrogen) atoms. The number of nitrogens with two attached hydrogens (primary N) is 1. The van der Waals surface area contributed by atoms with Crippen LogP contribution in [0.1, 0.15) is 69.6 Å². The van der Waals surface area contributed by atoms with E-state index in [2.05, 4.69) is 11.9 Å². The molecule has 194 valence electrons. The molecule has 2 aromatic heterocycles. The highest BCUT2D eigenvalue weighted by molar-refractivity contribution is 7.81. The number of nitrogens with zero attached hydrogens (tertiary/aromatic N) is 4. The van der Waals surface area contributed by atoms with E-state index in [0.717, 1.165) is 12.5 Å². The SMILES string of the molecule is CC1CN(c2nc(C(C)(C)C)c(C=CC(=O)O)cc2C(=O)N(c2cccc(N)n2)S(=O)[O-])C(C)(C)C1. The third-order valence-corrected chi connectivity index (χ3v) is 6.66. The Morgan fingerprint density at radius 3 is 2.47 bits per heavy atom. The highest BCUT2D eigenvalue weighted by Crippen LogP contribution is 2.40. The van der Waals surface area contributed by atoms with Crippen LogP contribution in [0.15, 0.2) is 30.3 Å². The molecule has 3 heterocycles. The summed E-state index contributed by atoms with van der Waals surface area (Å²) in [7, 11) is 0. The Morgan fingerprint density at radius 2 is 1.97 bits per heavy atom. The first-order valence-electron chi connectivity index (χ1n) is 11.5. The number of carbonyl (C=O) groups excluding carboxylic acids is 1. The van der Waals surface area contributed by atoms with E-state index in [0.29, 0.717) is 33.8 Å². The number of aromatic nitrogens is 2. The summed E-state index contributed by atoms with van der Waals surface area (Å²) in [5, 5.41) is 9.22. The van der Waals surface area contributed by atoms with Crippen LogP contribution in [0.2, 0.25) is 0 Å². The van der Waals surface area contributed by atoms with Crippen LogP contribution in [0.5, 0.6) is 0 Å². The van der Waals surface area contributed by atoms with Crippen molar-refractivity contribution in [1.29, 1.82) is 0 Å². The number of carboxylic acids is 1. The van der Waals surface area contributed by atoms with Crippen LogP contribution >= 0.6 is 0 Å². The Bertz CT molecular complexity index is 1240. The van der Waals surface area contributed by atoms with Crippen LogP contribution in [-0.4, -0.2) is 47.8 Å². The van der Waals surface area contributed by atoms with E-state index in [9.17, 15) is 23.5 Å². The molecule has 1 amide bonds. The molecule has 1 saturated heterocycles. The largest absolute Gasteiger partial charge is 0.755 e. The summed E-state index contributed by atoms with van der Waals surface area (Å²) < 4.78 is 25.1. The Labute approximate surface area is 213 Å². The number of nitrogen functional groups attached to an aromatic ring is 1. The third-order valence-electron chi connectivity index (χ3n) is 6.00. The van der Waals surface area contributed by atoms with Gasteiger partial charge in [-0.3, -0.25) is 9.00 Å². The number of rotatable bonds is 6. The van der Waals surface area contributed by atoms with Crippen molar-refractivity contribution in [3.8, 4) is 0 Å². The minimum Gasteiger partial charge on any atom is -0.755 e. The number of aliphatic carboxylic acids is 1. The van der Waals surface area contributed by atoms with Crippen molar-refractivity contribution < 1.29 is 23.5 Å². The Balaban J connectivity index is 2.33. The Morgan fingerprint density at radius 1 is 1.31 bits per heavy atom. The predicted octanol–water partition coefficient (Wildman–Crippen LogP) is 3.52. The first kappa shape index (κ1) is 27.3. The topological polar surface area (TPSA) is 153 Å². The maximum atomic E-state index is 13.9. The fourth-order valence-electron chi connectivity index (χ4n) is 4.64. The Kier molecular flexibility index (Phi) is 7.56. The standard InChI is InChI=1S/C25H33N5O5S/c1-15-13-25(5,6)29(14-15)22-17(12-16(10-11-20(31)32)21(28-22)24(2,3)4)23(33)30(36(34)35)19-9-7-8-18(26)27-19/h7-12,15H,13-14H2,1-6H3,(H2,26,27)(H,31,32)(H,34,35)/p-1. The van der Waals surface area contributed by atoms with E-state index in [4.69, 9.17) is 10.7 Å². The van der Waals surface area contributed by atoms with Gasteiger partial charge in [-0.15, -0.1) is 0 Å². The van der Waals surface area contributed by atoms with Gasteiger partial charge in [-0.2, -0.15) is 0 Å². The van der Waals surface area contributed by atoms with Gasteiger partial charge in [-0.1, -0.05) is 33.8 Å². The van der Waals surface area contributed by atoms with Gasteiger partial charge in [0.05, 0.1) is 22.5 Å². The predicted molar refractivity (Wildman–Crippen MR) is 139 cm³/mol. The van der Waals surface area contributed by atoms with Crippen molar-refractivity contribution in [2.75, 3.05) is 21.5 Å². The fourth-order valence-corrected chi connectivity index (χ4v) is 5.13. The highest BCUT2D eigenvalue weighted by atomic mass is 32.2. The van der Waals surface area contributed by atoms with Gasteiger partial charge in [0.2, 0.25) is 0 Å². The average molecular weight is 515 g/mol. The van der Waals surface area contributed by atoms with Gasteiger partial charge in [-0.25, -0.2) is 19.1 Å². The van der Waals surface area contributed by atoms with E-state index in [-0.39, 0.29) is 22.7 Å². The van der Waals surface area contributed by atoms with Gasteiger partial charge in [0.1, 0.15) is 17.5 Å². The van der Waals surface area contributed by atoms with Crippen LogP contribution in [0.3, 0.4) is 0 Å². The van der Waals surface area contributed by atoms with E-state index in [1.807, 2.05) is 39.5 Å². The van der Waals surface area contributed by atoms with Gasteiger partial charge in [0.15, 0.2) is 0 Å². The zero-order valence-corrected chi connectivity index (χ0v) is 22.1. The number of amides is 1. The molecule has 2 unspecified atom stereocenters. The lowest BCUT2D eigenvalue weighted by Crippen LogP contribution is -2.42. The normalized spacial score (nSPS) is 18.4. The average Bonchev–Trinajstić information content (AvgIpc) is 3.02. The van der Waals surface area contributed by atoms with Crippen molar-refractivity contribution in [3.05, 3.63) is 47.2 Å². The fraction of sp³-hybridized carbons (Fsp3) is 0.440. The lowest BCUT2D eigenvalue weighted by molar-refractivity contribution is -0.131. The maximum absolute atomic E-state index is 13.9. The number of hydrogen-bond donors (Lipinski definition) is 2. The monoisotopic (exact) mass is 514 g/mol. The summed E-state index contributed by atoms with van der Waals surface area (Å²) in [6.07, 6.45) is 3.18. The van der Waals surface area contributed by atoms with Gasteiger partial charge < -0.3 is 20.3 Å². The van der Waals surface area contributed by atoms with Gasteiger partial charge in [-0.05, 0) is 56.0 Å². The minimum absolute atomic E-state index is 0.0173. The van der Waals surface area contributed by atoms with Gasteiger partial charge in [0, 0.05) is 23.6 Å². The molecule has 3 N–H and O–H groups in total. The van der Waals surface area contributed by atoms with Crippen molar-refractivity contribution in [3.63, 3.8) is 0 Å². The van der Waals surface area contributed by atoms with E-state index >= 15 is 0 Å². The minimum atomic E-state index is -3.01. The highest BCUT2D eigenvalue weighted by Gasteiger charge is 2.40.